The molecule has 0 bridgehead atoms. The molecule has 1 aliphatic rings. The molecule has 3 rings (SSSR count). The summed E-state index contributed by atoms with van der Waals surface area (Å²) in [5.74, 6) is 0. The van der Waals surface area contributed by atoms with Gasteiger partial charge < -0.3 is 4.90 Å². The Labute approximate surface area is 114 Å². The molecule has 0 radical (unpaired) electrons. The molecule has 2 heterocycles. The number of nitro groups is 1. The SMILES string of the molecule is CN1CC=C(c2nc3ccc([N+](=O)[O-])cc3s2)CC1. The second-order valence-electron chi connectivity index (χ2n) is 4.67. The summed E-state index contributed by atoms with van der Waals surface area (Å²) in [7, 11) is 2.09. The van der Waals surface area contributed by atoms with Crippen molar-refractivity contribution in [2.24, 2.45) is 0 Å². The van der Waals surface area contributed by atoms with E-state index in [1.807, 2.05) is 0 Å². The number of nitro benzene ring substituents is 1. The molecule has 1 aromatic heterocycles. The topological polar surface area (TPSA) is 59.3 Å². The predicted octanol–water partition coefficient (Wildman–Crippen LogP) is 2.92. The van der Waals surface area contributed by atoms with Crippen LogP contribution in [0.1, 0.15) is 11.4 Å². The van der Waals surface area contributed by atoms with Gasteiger partial charge in [-0.15, -0.1) is 11.3 Å². The van der Waals surface area contributed by atoms with Gasteiger partial charge in [-0.05, 0) is 25.1 Å². The van der Waals surface area contributed by atoms with Crippen molar-refractivity contribution in [3.05, 3.63) is 39.4 Å². The number of hydrogen-bond donors (Lipinski definition) is 0. The normalized spacial score (nSPS) is 16.6. The Kier molecular flexibility index (Phi) is 3.04. The lowest BCUT2D eigenvalue weighted by molar-refractivity contribution is -0.384. The fraction of sp³-hybridized carbons (Fsp3) is 0.308. The number of rotatable bonds is 2. The number of thiazole rings is 1. The molecule has 0 N–H and O–H groups in total. The summed E-state index contributed by atoms with van der Waals surface area (Å²) >= 11 is 1.53. The van der Waals surface area contributed by atoms with E-state index in [1.54, 1.807) is 12.1 Å². The summed E-state index contributed by atoms with van der Waals surface area (Å²) in [6.07, 6.45) is 3.17. The number of hydrogen-bond acceptors (Lipinski definition) is 5. The van der Waals surface area contributed by atoms with E-state index in [-0.39, 0.29) is 10.6 Å². The Balaban J connectivity index is 2.00. The molecule has 0 saturated carbocycles. The lowest BCUT2D eigenvalue weighted by Gasteiger charge is -2.20. The van der Waals surface area contributed by atoms with Crippen LogP contribution in [0.5, 0.6) is 0 Å². The Bertz CT molecular complexity index is 678. The summed E-state index contributed by atoms with van der Waals surface area (Å²) in [6, 6.07) is 4.84. The van der Waals surface area contributed by atoms with E-state index in [0.717, 1.165) is 34.7 Å². The van der Waals surface area contributed by atoms with Crippen molar-refractivity contribution in [2.45, 2.75) is 6.42 Å². The van der Waals surface area contributed by atoms with Gasteiger partial charge in [0.1, 0.15) is 5.01 Å². The molecular weight excluding hydrogens is 262 g/mol. The van der Waals surface area contributed by atoms with Crippen molar-refractivity contribution in [1.29, 1.82) is 0 Å². The van der Waals surface area contributed by atoms with Gasteiger partial charge in [-0.3, -0.25) is 10.1 Å². The molecule has 1 aromatic carbocycles. The Morgan fingerprint density at radius 1 is 1.47 bits per heavy atom. The maximum atomic E-state index is 10.8. The molecule has 5 nitrogen and oxygen atoms in total. The Morgan fingerprint density at radius 2 is 2.32 bits per heavy atom. The summed E-state index contributed by atoms with van der Waals surface area (Å²) in [5, 5.41) is 11.8. The highest BCUT2D eigenvalue weighted by Gasteiger charge is 2.15. The molecule has 0 aliphatic carbocycles. The lowest BCUT2D eigenvalue weighted by Crippen LogP contribution is -2.23. The molecule has 0 atom stereocenters. The van der Waals surface area contributed by atoms with Crippen molar-refractivity contribution in [2.75, 3.05) is 20.1 Å². The lowest BCUT2D eigenvalue weighted by atomic mass is 10.1. The van der Waals surface area contributed by atoms with Crippen LogP contribution in [0.25, 0.3) is 15.8 Å². The molecule has 6 heteroatoms. The molecule has 1 aliphatic heterocycles. The van der Waals surface area contributed by atoms with Crippen LogP contribution in [-0.2, 0) is 0 Å². The average Bonchev–Trinajstić information content (AvgIpc) is 2.82. The number of aromatic nitrogens is 1. The molecule has 98 valence electrons. The molecule has 0 spiro atoms. The van der Waals surface area contributed by atoms with E-state index in [9.17, 15) is 10.1 Å². The fourth-order valence-electron chi connectivity index (χ4n) is 2.13. The van der Waals surface area contributed by atoms with Crippen LogP contribution in [0.2, 0.25) is 0 Å². The molecule has 2 aromatic rings. The van der Waals surface area contributed by atoms with Crippen LogP contribution in [0.15, 0.2) is 24.3 Å². The average molecular weight is 275 g/mol. The van der Waals surface area contributed by atoms with Crippen LogP contribution in [0, 0.1) is 10.1 Å². The third-order valence-corrected chi connectivity index (χ3v) is 4.36. The maximum Gasteiger partial charge on any atom is 0.270 e. The van der Waals surface area contributed by atoms with Gasteiger partial charge in [-0.2, -0.15) is 0 Å². The van der Waals surface area contributed by atoms with Crippen molar-refractivity contribution < 1.29 is 4.92 Å². The van der Waals surface area contributed by atoms with Crippen molar-refractivity contribution >= 4 is 32.8 Å². The predicted molar refractivity (Wildman–Crippen MR) is 76.4 cm³/mol. The molecule has 0 unspecified atom stereocenters. The monoisotopic (exact) mass is 275 g/mol. The quantitative estimate of drug-likeness (QED) is 0.624. The zero-order chi connectivity index (χ0) is 13.4. The minimum atomic E-state index is -0.367. The largest absolute Gasteiger partial charge is 0.302 e. The smallest absolute Gasteiger partial charge is 0.270 e. The second-order valence-corrected chi connectivity index (χ2v) is 5.70. The van der Waals surface area contributed by atoms with Crippen LogP contribution in [0.3, 0.4) is 0 Å². The summed E-state index contributed by atoms with van der Waals surface area (Å²) in [4.78, 5) is 17.2. The molecule has 0 fully saturated rings. The highest BCUT2D eigenvalue weighted by Crippen LogP contribution is 2.32. The first-order valence-corrected chi connectivity index (χ1v) is 6.88. The van der Waals surface area contributed by atoms with Gasteiger partial charge in [0.15, 0.2) is 0 Å². The van der Waals surface area contributed by atoms with Gasteiger partial charge in [0.2, 0.25) is 0 Å². The van der Waals surface area contributed by atoms with Gasteiger partial charge in [0, 0.05) is 25.2 Å². The zero-order valence-electron chi connectivity index (χ0n) is 10.5. The third-order valence-electron chi connectivity index (χ3n) is 3.27. The van der Waals surface area contributed by atoms with Crippen LogP contribution in [0.4, 0.5) is 5.69 Å². The number of nitrogens with zero attached hydrogens (tertiary/aromatic N) is 3. The molecular formula is C13H13N3O2S. The summed E-state index contributed by atoms with van der Waals surface area (Å²) < 4.78 is 0.879. The standard InChI is InChI=1S/C13H13N3O2S/c1-15-6-4-9(5-7-15)13-14-11-3-2-10(16(17)18)8-12(11)19-13/h2-4,8H,5-7H2,1H3. The fourth-order valence-corrected chi connectivity index (χ4v) is 3.20. The van der Waals surface area contributed by atoms with E-state index < -0.39 is 0 Å². The van der Waals surface area contributed by atoms with E-state index >= 15 is 0 Å². The first-order chi connectivity index (χ1) is 9.13. The van der Waals surface area contributed by atoms with Crippen LogP contribution in [-0.4, -0.2) is 34.9 Å². The first kappa shape index (κ1) is 12.3. The minimum absolute atomic E-state index is 0.125. The van der Waals surface area contributed by atoms with Gasteiger partial charge >= 0.3 is 0 Å². The van der Waals surface area contributed by atoms with Gasteiger partial charge in [-0.1, -0.05) is 6.08 Å². The van der Waals surface area contributed by atoms with E-state index in [4.69, 9.17) is 0 Å². The second kappa shape index (κ2) is 4.71. The van der Waals surface area contributed by atoms with Crippen molar-refractivity contribution in [3.8, 4) is 0 Å². The Hall–Kier alpha value is -1.79. The van der Waals surface area contributed by atoms with E-state index in [1.165, 1.54) is 23.0 Å². The minimum Gasteiger partial charge on any atom is -0.302 e. The van der Waals surface area contributed by atoms with Gasteiger partial charge in [0.05, 0.1) is 15.1 Å². The van der Waals surface area contributed by atoms with E-state index in [2.05, 4.69) is 23.0 Å². The Morgan fingerprint density at radius 3 is 3.00 bits per heavy atom. The highest BCUT2D eigenvalue weighted by atomic mass is 32.1. The third kappa shape index (κ3) is 2.36. The highest BCUT2D eigenvalue weighted by molar-refractivity contribution is 7.19. The van der Waals surface area contributed by atoms with Crippen LogP contribution >= 0.6 is 11.3 Å². The molecule has 0 saturated heterocycles. The van der Waals surface area contributed by atoms with Crippen molar-refractivity contribution in [1.82, 2.24) is 9.88 Å². The van der Waals surface area contributed by atoms with Gasteiger partial charge in [0.25, 0.3) is 5.69 Å². The molecule has 19 heavy (non-hydrogen) atoms. The number of fused-ring (bicyclic) bond motifs is 1. The number of benzene rings is 1. The van der Waals surface area contributed by atoms with Crippen molar-refractivity contribution in [3.63, 3.8) is 0 Å². The van der Waals surface area contributed by atoms with E-state index in [0.29, 0.717) is 0 Å². The number of non-ortho nitro benzene ring substituents is 1. The first-order valence-electron chi connectivity index (χ1n) is 6.06. The zero-order valence-corrected chi connectivity index (χ0v) is 11.3. The number of likely N-dealkylation sites (N-methyl/N-ethyl adjacent to an activating group) is 1. The van der Waals surface area contributed by atoms with Gasteiger partial charge in [-0.25, -0.2) is 4.98 Å². The summed E-state index contributed by atoms with van der Waals surface area (Å²) in [6.45, 7) is 1.97. The maximum absolute atomic E-state index is 10.8. The summed E-state index contributed by atoms with van der Waals surface area (Å²) in [5.41, 5.74) is 2.22. The van der Waals surface area contributed by atoms with Crippen LogP contribution < -0.4 is 0 Å². The molecule has 0 amide bonds.